The van der Waals surface area contributed by atoms with Gasteiger partial charge in [0, 0.05) is 14.9 Å². The van der Waals surface area contributed by atoms with Crippen LogP contribution in [0.4, 0.5) is 5.95 Å². The lowest BCUT2D eigenvalue weighted by Gasteiger charge is -2.08. The quantitative estimate of drug-likeness (QED) is 0.546. The molecule has 8 heteroatoms. The normalized spacial score (nSPS) is 10.9. The van der Waals surface area contributed by atoms with Gasteiger partial charge in [0.25, 0.3) is 0 Å². The van der Waals surface area contributed by atoms with Gasteiger partial charge >= 0.3 is 0 Å². The maximum absolute atomic E-state index is 5.97. The highest BCUT2D eigenvalue weighted by atomic mass is 35.5. The van der Waals surface area contributed by atoms with Crippen LogP contribution < -0.4 is 16.0 Å². The Morgan fingerprint density at radius 1 is 1.14 bits per heavy atom. The van der Waals surface area contributed by atoms with Gasteiger partial charge in [0.2, 0.25) is 11.8 Å². The number of aromatic nitrogens is 2. The van der Waals surface area contributed by atoms with Gasteiger partial charge in [-0.1, -0.05) is 23.2 Å². The van der Waals surface area contributed by atoms with Crippen molar-refractivity contribution < 1.29 is 4.74 Å². The van der Waals surface area contributed by atoms with Gasteiger partial charge in [-0.25, -0.2) is 10.8 Å². The average molecular weight is 341 g/mol. The Hall–Kier alpha value is -1.60. The summed E-state index contributed by atoms with van der Waals surface area (Å²) in [5.41, 5.74) is 2.43. The molecule has 0 aliphatic rings. The number of thiophene rings is 1. The number of hydrazine groups is 1. The SMILES string of the molecule is Cc1cc2c(Oc3cc(Cl)cc(Cl)c3)nc(NN)nc2s1. The molecule has 0 bridgehead atoms. The number of nitrogens with one attached hydrogen (secondary N) is 1. The van der Waals surface area contributed by atoms with E-state index in [-0.39, 0.29) is 5.95 Å². The van der Waals surface area contributed by atoms with Crippen molar-refractivity contribution in [2.24, 2.45) is 5.84 Å². The van der Waals surface area contributed by atoms with E-state index in [9.17, 15) is 0 Å². The van der Waals surface area contributed by atoms with E-state index in [1.54, 1.807) is 18.2 Å². The number of benzene rings is 1. The number of rotatable bonds is 3. The lowest BCUT2D eigenvalue weighted by Crippen LogP contribution is -2.10. The van der Waals surface area contributed by atoms with Crippen molar-refractivity contribution in [3.63, 3.8) is 0 Å². The zero-order valence-electron chi connectivity index (χ0n) is 10.9. The van der Waals surface area contributed by atoms with E-state index >= 15 is 0 Å². The number of fused-ring (bicyclic) bond motifs is 1. The lowest BCUT2D eigenvalue weighted by atomic mass is 10.3. The minimum Gasteiger partial charge on any atom is -0.438 e. The molecule has 0 atom stereocenters. The molecule has 0 spiro atoms. The first-order chi connectivity index (χ1) is 10.0. The lowest BCUT2D eigenvalue weighted by molar-refractivity contribution is 0.469. The fourth-order valence-corrected chi connectivity index (χ4v) is 3.23. The van der Waals surface area contributed by atoms with Gasteiger partial charge in [-0.05, 0) is 31.2 Å². The molecule has 108 valence electrons. The van der Waals surface area contributed by atoms with Gasteiger partial charge in [0.05, 0.1) is 5.39 Å². The van der Waals surface area contributed by atoms with Crippen LogP contribution in [0.5, 0.6) is 11.6 Å². The molecule has 2 aromatic heterocycles. The van der Waals surface area contributed by atoms with Crippen LogP contribution in [0.3, 0.4) is 0 Å². The molecule has 0 aliphatic carbocycles. The van der Waals surface area contributed by atoms with Crippen molar-refractivity contribution in [3.05, 3.63) is 39.2 Å². The van der Waals surface area contributed by atoms with Gasteiger partial charge in [0.15, 0.2) is 0 Å². The Labute approximate surface area is 134 Å². The van der Waals surface area contributed by atoms with Crippen molar-refractivity contribution in [2.75, 3.05) is 5.43 Å². The second-order valence-electron chi connectivity index (χ2n) is 4.28. The molecular weight excluding hydrogens is 331 g/mol. The molecule has 0 aliphatic heterocycles. The summed E-state index contributed by atoms with van der Waals surface area (Å²) >= 11 is 13.5. The Kier molecular flexibility index (Phi) is 3.86. The summed E-state index contributed by atoms with van der Waals surface area (Å²) in [6.07, 6.45) is 0. The van der Waals surface area contributed by atoms with Crippen LogP contribution in [0.2, 0.25) is 10.0 Å². The third kappa shape index (κ3) is 3.03. The highest BCUT2D eigenvalue weighted by Crippen LogP contribution is 2.35. The van der Waals surface area contributed by atoms with E-state index in [4.69, 9.17) is 33.8 Å². The first kappa shape index (κ1) is 14.3. The van der Waals surface area contributed by atoms with Crippen LogP contribution in [-0.4, -0.2) is 9.97 Å². The average Bonchev–Trinajstić information content (AvgIpc) is 2.78. The summed E-state index contributed by atoms with van der Waals surface area (Å²) in [5, 5.41) is 1.79. The number of aryl methyl sites for hydroxylation is 1. The summed E-state index contributed by atoms with van der Waals surface area (Å²) in [6, 6.07) is 6.92. The van der Waals surface area contributed by atoms with Crippen molar-refractivity contribution in [3.8, 4) is 11.6 Å². The molecule has 0 fully saturated rings. The molecule has 5 nitrogen and oxygen atoms in total. The maximum Gasteiger partial charge on any atom is 0.241 e. The van der Waals surface area contributed by atoms with Crippen molar-refractivity contribution >= 4 is 50.7 Å². The summed E-state index contributed by atoms with van der Waals surface area (Å²) in [4.78, 5) is 10.4. The fourth-order valence-electron chi connectivity index (χ4n) is 1.86. The zero-order valence-corrected chi connectivity index (χ0v) is 13.2. The van der Waals surface area contributed by atoms with Crippen molar-refractivity contribution in [1.29, 1.82) is 0 Å². The largest absolute Gasteiger partial charge is 0.438 e. The Morgan fingerprint density at radius 3 is 2.52 bits per heavy atom. The van der Waals surface area contributed by atoms with Gasteiger partial charge < -0.3 is 4.74 Å². The van der Waals surface area contributed by atoms with Gasteiger partial charge in [-0.3, -0.25) is 5.43 Å². The Bertz CT molecular complexity index is 801. The van der Waals surface area contributed by atoms with Crippen molar-refractivity contribution in [1.82, 2.24) is 9.97 Å². The van der Waals surface area contributed by atoms with Crippen LogP contribution in [-0.2, 0) is 0 Å². The smallest absolute Gasteiger partial charge is 0.241 e. The van der Waals surface area contributed by atoms with E-state index in [0.29, 0.717) is 21.7 Å². The summed E-state index contributed by atoms with van der Waals surface area (Å²) in [7, 11) is 0. The maximum atomic E-state index is 5.97. The number of hydrogen-bond acceptors (Lipinski definition) is 6. The highest BCUT2D eigenvalue weighted by molar-refractivity contribution is 7.18. The zero-order chi connectivity index (χ0) is 15.0. The molecule has 2 heterocycles. The third-order valence-corrected chi connectivity index (χ3v) is 4.04. The molecule has 3 N–H and O–H groups in total. The number of halogens is 2. The number of nitrogen functional groups attached to an aromatic ring is 1. The van der Waals surface area contributed by atoms with E-state index in [0.717, 1.165) is 15.1 Å². The fraction of sp³-hybridized carbons (Fsp3) is 0.0769. The monoisotopic (exact) mass is 340 g/mol. The van der Waals surface area contributed by atoms with Crippen LogP contribution in [0.1, 0.15) is 4.88 Å². The highest BCUT2D eigenvalue weighted by Gasteiger charge is 2.13. The first-order valence-electron chi connectivity index (χ1n) is 5.94. The van der Waals surface area contributed by atoms with Crippen LogP contribution in [0.25, 0.3) is 10.2 Å². The Balaban J connectivity index is 2.10. The summed E-state index contributed by atoms with van der Waals surface area (Å²) in [6.45, 7) is 1.99. The molecule has 1 aromatic carbocycles. The van der Waals surface area contributed by atoms with Crippen LogP contribution in [0, 0.1) is 6.92 Å². The van der Waals surface area contributed by atoms with E-state index in [1.807, 2.05) is 13.0 Å². The standard InChI is InChI=1S/C13H10Cl2N4OS/c1-6-2-10-11(17-13(19-16)18-12(10)21-6)20-9-4-7(14)3-8(15)5-9/h2-5H,16H2,1H3,(H,17,18,19). The van der Waals surface area contributed by atoms with Gasteiger partial charge in [0.1, 0.15) is 10.6 Å². The number of nitrogens with zero attached hydrogens (tertiary/aromatic N) is 2. The molecule has 21 heavy (non-hydrogen) atoms. The van der Waals surface area contributed by atoms with Crippen LogP contribution >= 0.6 is 34.5 Å². The summed E-state index contributed by atoms with van der Waals surface area (Å²) < 4.78 is 5.80. The van der Waals surface area contributed by atoms with E-state index < -0.39 is 0 Å². The molecule has 0 radical (unpaired) electrons. The first-order valence-corrected chi connectivity index (χ1v) is 7.51. The Morgan fingerprint density at radius 2 is 1.86 bits per heavy atom. The summed E-state index contributed by atoms with van der Waals surface area (Å²) in [5.74, 6) is 6.57. The molecule has 3 aromatic rings. The molecule has 0 amide bonds. The van der Waals surface area contributed by atoms with E-state index in [2.05, 4.69) is 15.4 Å². The minimum absolute atomic E-state index is 0.285. The number of anilines is 1. The number of hydrogen-bond donors (Lipinski definition) is 2. The second kappa shape index (κ2) is 5.65. The minimum atomic E-state index is 0.285. The van der Waals surface area contributed by atoms with Crippen LogP contribution in [0.15, 0.2) is 24.3 Å². The molecule has 0 saturated heterocycles. The predicted molar refractivity (Wildman–Crippen MR) is 86.5 cm³/mol. The molecular formula is C13H10Cl2N4OS. The van der Waals surface area contributed by atoms with Crippen molar-refractivity contribution in [2.45, 2.75) is 6.92 Å². The molecule has 0 unspecified atom stereocenters. The van der Waals surface area contributed by atoms with E-state index in [1.165, 1.54) is 11.3 Å². The van der Waals surface area contributed by atoms with Gasteiger partial charge in [-0.2, -0.15) is 4.98 Å². The topological polar surface area (TPSA) is 73.1 Å². The second-order valence-corrected chi connectivity index (χ2v) is 6.39. The molecule has 3 rings (SSSR count). The molecule has 0 saturated carbocycles. The number of ether oxygens (including phenoxy) is 1. The predicted octanol–water partition coefficient (Wildman–Crippen LogP) is 4.38. The number of nitrogens with two attached hydrogens (primary N) is 1. The van der Waals surface area contributed by atoms with Gasteiger partial charge in [-0.15, -0.1) is 11.3 Å². The third-order valence-electron chi connectivity index (χ3n) is 2.66.